The zero-order valence-electron chi connectivity index (χ0n) is 19.7. The van der Waals surface area contributed by atoms with Crippen molar-refractivity contribution in [2.45, 2.75) is 13.8 Å². The molecule has 0 aliphatic rings. The van der Waals surface area contributed by atoms with Gasteiger partial charge in [-0.05, 0) is 67.4 Å². The molecule has 4 rings (SSSR count). The van der Waals surface area contributed by atoms with Crippen LogP contribution in [0.2, 0.25) is 0 Å². The Morgan fingerprint density at radius 3 is 1.78 bits per heavy atom. The minimum absolute atomic E-state index is 0.00818. The molecule has 0 N–H and O–H groups in total. The second-order valence-electron chi connectivity index (χ2n) is 7.73. The van der Waals surface area contributed by atoms with Gasteiger partial charge in [0.25, 0.3) is 0 Å². The van der Waals surface area contributed by atoms with E-state index in [-0.39, 0.29) is 11.3 Å². The van der Waals surface area contributed by atoms with Crippen molar-refractivity contribution in [3.8, 4) is 39.5 Å². The third kappa shape index (κ3) is 5.35. The number of halogens is 3. The zero-order valence-corrected chi connectivity index (χ0v) is 19.7. The molecule has 0 saturated heterocycles. The molecular weight excluding hydrogens is 469 g/mol. The van der Waals surface area contributed by atoms with Crippen LogP contribution in [0.25, 0.3) is 22.3 Å². The summed E-state index contributed by atoms with van der Waals surface area (Å²) in [6, 6.07) is 19.6. The summed E-state index contributed by atoms with van der Waals surface area (Å²) in [6.07, 6.45) is 0. The average Bonchev–Trinajstić information content (AvgIpc) is 2.87. The maximum Gasteiger partial charge on any atom is 0.346 e. The van der Waals surface area contributed by atoms with Crippen molar-refractivity contribution >= 4 is 5.97 Å². The predicted octanol–water partition coefficient (Wildman–Crippen LogP) is 7.45. The van der Waals surface area contributed by atoms with Gasteiger partial charge in [-0.25, -0.2) is 18.0 Å². The van der Waals surface area contributed by atoms with Crippen LogP contribution in [-0.4, -0.2) is 19.2 Å². The van der Waals surface area contributed by atoms with E-state index < -0.39 is 29.0 Å². The maximum atomic E-state index is 14.8. The highest BCUT2D eigenvalue weighted by Crippen LogP contribution is 2.30. The smallest absolute Gasteiger partial charge is 0.346 e. The normalized spacial score (nSPS) is 10.7. The molecule has 4 aromatic rings. The quantitative estimate of drug-likeness (QED) is 0.189. The van der Waals surface area contributed by atoms with E-state index in [1.54, 1.807) is 48.5 Å². The molecule has 0 aliphatic carbocycles. The van der Waals surface area contributed by atoms with Crippen molar-refractivity contribution in [3.63, 3.8) is 0 Å². The first-order chi connectivity index (χ1) is 17.4. The van der Waals surface area contributed by atoms with E-state index in [4.69, 9.17) is 14.2 Å². The Morgan fingerprint density at radius 1 is 0.639 bits per heavy atom. The molecule has 0 amide bonds. The molecule has 0 saturated carbocycles. The van der Waals surface area contributed by atoms with Crippen LogP contribution in [0.3, 0.4) is 0 Å². The highest BCUT2D eigenvalue weighted by Gasteiger charge is 2.21. The molecule has 0 radical (unpaired) electrons. The van der Waals surface area contributed by atoms with Gasteiger partial charge < -0.3 is 14.2 Å². The highest BCUT2D eigenvalue weighted by molar-refractivity contribution is 5.92. The summed E-state index contributed by atoms with van der Waals surface area (Å²) >= 11 is 0. The summed E-state index contributed by atoms with van der Waals surface area (Å²) < 4.78 is 59.9. The van der Waals surface area contributed by atoms with Gasteiger partial charge in [0.05, 0.1) is 18.8 Å². The average molecular weight is 492 g/mol. The third-order valence-corrected chi connectivity index (χ3v) is 5.41. The number of benzene rings is 4. The third-order valence-electron chi connectivity index (χ3n) is 5.41. The van der Waals surface area contributed by atoms with E-state index in [0.29, 0.717) is 41.4 Å². The number of esters is 1. The molecule has 0 fully saturated rings. The summed E-state index contributed by atoms with van der Waals surface area (Å²) in [5.74, 6) is -2.84. The highest BCUT2D eigenvalue weighted by atomic mass is 19.2. The van der Waals surface area contributed by atoms with Gasteiger partial charge in [-0.1, -0.05) is 30.3 Å². The summed E-state index contributed by atoms with van der Waals surface area (Å²) in [6.45, 7) is 4.56. The minimum Gasteiger partial charge on any atom is -0.494 e. The Labute approximate surface area is 206 Å². The molecule has 7 heteroatoms. The van der Waals surface area contributed by atoms with Gasteiger partial charge in [0.15, 0.2) is 11.6 Å². The molecule has 36 heavy (non-hydrogen) atoms. The van der Waals surface area contributed by atoms with Gasteiger partial charge in [-0.2, -0.15) is 0 Å². The van der Waals surface area contributed by atoms with Gasteiger partial charge in [-0.3, -0.25) is 0 Å². The van der Waals surface area contributed by atoms with Crippen molar-refractivity contribution < 1.29 is 32.2 Å². The first-order valence-electron chi connectivity index (χ1n) is 11.4. The van der Waals surface area contributed by atoms with Gasteiger partial charge >= 0.3 is 5.97 Å². The van der Waals surface area contributed by atoms with Crippen molar-refractivity contribution in [2.75, 3.05) is 13.2 Å². The van der Waals surface area contributed by atoms with Crippen molar-refractivity contribution in [3.05, 3.63) is 102 Å². The van der Waals surface area contributed by atoms with Gasteiger partial charge in [0.1, 0.15) is 23.1 Å². The van der Waals surface area contributed by atoms with E-state index in [9.17, 15) is 18.0 Å². The lowest BCUT2D eigenvalue weighted by Crippen LogP contribution is -2.12. The number of carbonyl (C=O) groups is 1. The van der Waals surface area contributed by atoms with Gasteiger partial charge in [0, 0.05) is 17.2 Å². The van der Waals surface area contributed by atoms with Crippen LogP contribution >= 0.6 is 0 Å². The van der Waals surface area contributed by atoms with Gasteiger partial charge in [-0.15, -0.1) is 0 Å². The van der Waals surface area contributed by atoms with Crippen LogP contribution in [0.1, 0.15) is 24.2 Å². The topological polar surface area (TPSA) is 44.8 Å². The van der Waals surface area contributed by atoms with E-state index in [1.165, 1.54) is 30.3 Å². The molecule has 0 unspecified atom stereocenters. The molecule has 0 aliphatic heterocycles. The number of hydrogen-bond acceptors (Lipinski definition) is 4. The lowest BCUT2D eigenvalue weighted by atomic mass is 10.0. The summed E-state index contributed by atoms with van der Waals surface area (Å²) in [5.41, 5.74) is 0.797. The first kappa shape index (κ1) is 24.9. The Kier molecular flexibility index (Phi) is 7.59. The molecular formula is C29H23F3O4. The molecule has 0 heterocycles. The predicted molar refractivity (Wildman–Crippen MR) is 131 cm³/mol. The zero-order chi connectivity index (χ0) is 25.7. The standard InChI is InChI=1S/C29H23F3O4/c1-3-34-20-9-5-19(6-10-20)24-15-16-25(28(32)27(24)31)29(33)36-21-11-7-18(8-12-21)23-14-13-22(35-4-2)17-26(23)30/h5-17H,3-4H2,1-2H3. The number of ether oxygens (including phenoxy) is 3. The Balaban J connectivity index is 1.50. The minimum atomic E-state index is -1.31. The molecule has 0 atom stereocenters. The fourth-order valence-electron chi connectivity index (χ4n) is 3.68. The van der Waals surface area contributed by atoms with Crippen LogP contribution in [0.15, 0.2) is 78.9 Å². The van der Waals surface area contributed by atoms with Crippen molar-refractivity contribution in [2.24, 2.45) is 0 Å². The van der Waals surface area contributed by atoms with E-state index >= 15 is 0 Å². The van der Waals surface area contributed by atoms with Crippen LogP contribution in [-0.2, 0) is 0 Å². The molecule has 0 aromatic heterocycles. The van der Waals surface area contributed by atoms with Crippen molar-refractivity contribution in [1.29, 1.82) is 0 Å². The molecule has 4 nitrogen and oxygen atoms in total. The van der Waals surface area contributed by atoms with Crippen LogP contribution in [0, 0.1) is 17.5 Å². The van der Waals surface area contributed by atoms with Crippen LogP contribution in [0.4, 0.5) is 13.2 Å². The summed E-state index contributed by atoms with van der Waals surface area (Å²) in [7, 11) is 0. The Bertz CT molecular complexity index is 1370. The molecule has 4 aromatic carbocycles. The van der Waals surface area contributed by atoms with E-state index in [0.717, 1.165) is 0 Å². The maximum absolute atomic E-state index is 14.8. The molecule has 0 spiro atoms. The Hall–Kier alpha value is -4.26. The van der Waals surface area contributed by atoms with E-state index in [1.807, 2.05) is 13.8 Å². The largest absolute Gasteiger partial charge is 0.494 e. The van der Waals surface area contributed by atoms with Crippen LogP contribution < -0.4 is 14.2 Å². The Morgan fingerprint density at radius 2 is 1.17 bits per heavy atom. The number of rotatable bonds is 8. The fourth-order valence-corrected chi connectivity index (χ4v) is 3.68. The SMILES string of the molecule is CCOc1ccc(-c2ccc(C(=O)Oc3ccc(-c4ccc(OCC)cc4F)cc3)c(F)c2F)cc1. The lowest BCUT2D eigenvalue weighted by molar-refractivity contribution is 0.0728. The lowest BCUT2D eigenvalue weighted by Gasteiger charge is -2.11. The first-order valence-corrected chi connectivity index (χ1v) is 11.4. The van der Waals surface area contributed by atoms with Crippen molar-refractivity contribution in [1.82, 2.24) is 0 Å². The second-order valence-corrected chi connectivity index (χ2v) is 7.73. The van der Waals surface area contributed by atoms with Crippen LogP contribution in [0.5, 0.6) is 17.2 Å². The number of carbonyl (C=O) groups excluding carboxylic acids is 1. The summed E-state index contributed by atoms with van der Waals surface area (Å²) in [5, 5.41) is 0. The van der Waals surface area contributed by atoms with E-state index in [2.05, 4.69) is 0 Å². The number of hydrogen-bond donors (Lipinski definition) is 0. The fraction of sp³-hybridized carbons (Fsp3) is 0.138. The monoisotopic (exact) mass is 492 g/mol. The summed E-state index contributed by atoms with van der Waals surface area (Å²) in [4.78, 5) is 12.5. The van der Waals surface area contributed by atoms with Gasteiger partial charge in [0.2, 0.25) is 0 Å². The molecule has 0 bridgehead atoms. The molecule has 184 valence electrons. The second kappa shape index (κ2) is 11.0.